The number of rotatable bonds is 4. The number of hydrogen-bond acceptors (Lipinski definition) is 4. The van der Waals surface area contributed by atoms with E-state index >= 15 is 0 Å². The molecule has 1 aromatic heterocycles. The Hall–Kier alpha value is -2.34. The zero-order valence-corrected chi connectivity index (χ0v) is 14.5. The van der Waals surface area contributed by atoms with Crippen LogP contribution in [0.1, 0.15) is 29.0 Å². The third-order valence-corrected chi connectivity index (χ3v) is 5.10. The van der Waals surface area contributed by atoms with Gasteiger partial charge in [-0.1, -0.05) is 47.7 Å². The Kier molecular flexibility index (Phi) is 4.57. The fourth-order valence-corrected chi connectivity index (χ4v) is 3.67. The van der Waals surface area contributed by atoms with Crippen LogP contribution in [0.2, 0.25) is 0 Å². The highest BCUT2D eigenvalue weighted by Crippen LogP contribution is 2.35. The van der Waals surface area contributed by atoms with E-state index in [1.54, 1.807) is 10.6 Å². The Balaban J connectivity index is 2.16. The van der Waals surface area contributed by atoms with Crippen molar-refractivity contribution in [3.63, 3.8) is 0 Å². The number of thioether (sulfide) groups is 1. The van der Waals surface area contributed by atoms with Crippen LogP contribution >= 0.6 is 11.8 Å². The van der Waals surface area contributed by atoms with Crippen LogP contribution in [0.25, 0.3) is 0 Å². The molecule has 0 saturated carbocycles. The van der Waals surface area contributed by atoms with Gasteiger partial charge >= 0.3 is 0 Å². The molecule has 1 aliphatic rings. The number of amides is 1. The van der Waals surface area contributed by atoms with E-state index in [1.165, 1.54) is 11.8 Å². The van der Waals surface area contributed by atoms with E-state index in [1.807, 2.05) is 38.2 Å². The molecule has 3 rings (SSSR count). The van der Waals surface area contributed by atoms with Crippen molar-refractivity contribution in [2.45, 2.75) is 24.4 Å². The SMILES string of the molecule is C=CCSc1nc(=O)c2c(n1C)NC(=O)C[C@@H]2c1cccc(C)c1. The molecule has 24 heavy (non-hydrogen) atoms. The minimum atomic E-state index is -0.277. The lowest BCUT2D eigenvalue weighted by Gasteiger charge is -2.27. The maximum atomic E-state index is 12.7. The average Bonchev–Trinajstić information content (AvgIpc) is 2.56. The van der Waals surface area contributed by atoms with Gasteiger partial charge in [-0.2, -0.15) is 4.98 Å². The van der Waals surface area contributed by atoms with Gasteiger partial charge < -0.3 is 9.88 Å². The highest BCUT2D eigenvalue weighted by molar-refractivity contribution is 7.99. The van der Waals surface area contributed by atoms with E-state index in [0.717, 1.165) is 11.1 Å². The van der Waals surface area contributed by atoms with Crippen molar-refractivity contribution in [2.75, 3.05) is 11.1 Å². The van der Waals surface area contributed by atoms with Gasteiger partial charge in [0.25, 0.3) is 5.56 Å². The van der Waals surface area contributed by atoms with Gasteiger partial charge in [0.1, 0.15) is 5.82 Å². The Morgan fingerprint density at radius 1 is 1.46 bits per heavy atom. The first-order valence-electron chi connectivity index (χ1n) is 7.72. The molecule has 0 radical (unpaired) electrons. The summed E-state index contributed by atoms with van der Waals surface area (Å²) in [7, 11) is 1.82. The van der Waals surface area contributed by atoms with Crippen LogP contribution in [0.3, 0.4) is 0 Å². The summed E-state index contributed by atoms with van der Waals surface area (Å²) in [5, 5.41) is 3.42. The molecule has 5 nitrogen and oxygen atoms in total. The van der Waals surface area contributed by atoms with E-state index in [-0.39, 0.29) is 23.8 Å². The molecule has 2 heterocycles. The molecule has 1 N–H and O–H groups in total. The van der Waals surface area contributed by atoms with Gasteiger partial charge in [0.2, 0.25) is 5.91 Å². The molecule has 0 unspecified atom stereocenters. The second kappa shape index (κ2) is 6.65. The highest BCUT2D eigenvalue weighted by Gasteiger charge is 2.32. The molecule has 1 aliphatic heterocycles. The molecule has 1 amide bonds. The van der Waals surface area contributed by atoms with Crippen LogP contribution in [-0.2, 0) is 11.8 Å². The summed E-state index contributed by atoms with van der Waals surface area (Å²) in [6.07, 6.45) is 2.01. The summed E-state index contributed by atoms with van der Waals surface area (Å²) in [4.78, 5) is 29.1. The summed E-state index contributed by atoms with van der Waals surface area (Å²) in [6, 6.07) is 7.93. The number of hydrogen-bond donors (Lipinski definition) is 1. The largest absolute Gasteiger partial charge is 0.312 e. The Morgan fingerprint density at radius 2 is 2.25 bits per heavy atom. The molecule has 2 aromatic rings. The van der Waals surface area contributed by atoms with Gasteiger partial charge in [0.15, 0.2) is 5.16 Å². The van der Waals surface area contributed by atoms with E-state index < -0.39 is 0 Å². The monoisotopic (exact) mass is 341 g/mol. The number of aryl methyl sites for hydroxylation is 1. The fourth-order valence-electron chi connectivity index (χ4n) is 2.97. The molecule has 6 heteroatoms. The summed E-state index contributed by atoms with van der Waals surface area (Å²) in [6.45, 7) is 5.68. The van der Waals surface area contributed by atoms with Gasteiger partial charge in [-0.25, -0.2) is 0 Å². The number of carbonyl (C=O) groups excluding carboxylic acids is 1. The van der Waals surface area contributed by atoms with Crippen LogP contribution in [-0.4, -0.2) is 21.2 Å². The first-order valence-corrected chi connectivity index (χ1v) is 8.71. The molecule has 1 atom stereocenters. The van der Waals surface area contributed by atoms with E-state index in [4.69, 9.17) is 0 Å². The van der Waals surface area contributed by atoms with Crippen LogP contribution in [0.5, 0.6) is 0 Å². The normalized spacial score (nSPS) is 16.4. The third-order valence-electron chi connectivity index (χ3n) is 4.08. The summed E-state index contributed by atoms with van der Waals surface area (Å²) in [5.41, 5.74) is 2.35. The van der Waals surface area contributed by atoms with Crippen molar-refractivity contribution >= 4 is 23.5 Å². The lowest BCUT2D eigenvalue weighted by Crippen LogP contribution is -2.33. The minimum absolute atomic E-state index is 0.0881. The van der Waals surface area contributed by atoms with Crippen molar-refractivity contribution in [1.29, 1.82) is 0 Å². The summed E-state index contributed by atoms with van der Waals surface area (Å²) >= 11 is 1.42. The first-order chi connectivity index (χ1) is 11.5. The maximum Gasteiger partial charge on any atom is 0.279 e. The van der Waals surface area contributed by atoms with Gasteiger partial charge in [-0.3, -0.25) is 9.59 Å². The highest BCUT2D eigenvalue weighted by atomic mass is 32.2. The molecule has 0 saturated heterocycles. The number of fused-ring (bicyclic) bond motifs is 1. The molecule has 0 fully saturated rings. The average molecular weight is 341 g/mol. The van der Waals surface area contributed by atoms with E-state index in [0.29, 0.717) is 22.3 Å². The quantitative estimate of drug-likeness (QED) is 0.528. The molecular weight excluding hydrogens is 322 g/mol. The third kappa shape index (κ3) is 3.01. The lowest BCUT2D eigenvalue weighted by atomic mass is 9.86. The summed E-state index contributed by atoms with van der Waals surface area (Å²) < 4.78 is 1.78. The fraction of sp³-hybridized carbons (Fsp3) is 0.278. The molecule has 0 aliphatic carbocycles. The Morgan fingerprint density at radius 3 is 2.96 bits per heavy atom. The molecule has 0 bridgehead atoms. The molecule has 0 spiro atoms. The van der Waals surface area contributed by atoms with Crippen molar-refractivity contribution in [3.8, 4) is 0 Å². The number of benzene rings is 1. The van der Waals surface area contributed by atoms with Gasteiger partial charge in [0, 0.05) is 25.1 Å². The number of nitrogens with zero attached hydrogens (tertiary/aromatic N) is 2. The topological polar surface area (TPSA) is 64.0 Å². The van der Waals surface area contributed by atoms with Gasteiger partial charge in [-0.05, 0) is 12.5 Å². The predicted octanol–water partition coefficient (Wildman–Crippen LogP) is 2.84. The molecule has 1 aromatic carbocycles. The summed E-state index contributed by atoms with van der Waals surface area (Å²) in [5.74, 6) is 0.839. The van der Waals surface area contributed by atoms with Crippen molar-refractivity contribution in [3.05, 3.63) is 64.0 Å². The zero-order chi connectivity index (χ0) is 17.3. The second-order valence-corrected chi connectivity index (χ2v) is 6.83. The van der Waals surface area contributed by atoms with E-state index in [9.17, 15) is 9.59 Å². The van der Waals surface area contributed by atoms with Crippen molar-refractivity contribution in [2.24, 2.45) is 7.05 Å². The number of anilines is 1. The van der Waals surface area contributed by atoms with Crippen LogP contribution in [0.4, 0.5) is 5.82 Å². The van der Waals surface area contributed by atoms with Crippen LogP contribution in [0.15, 0.2) is 46.9 Å². The number of nitrogens with one attached hydrogen (secondary N) is 1. The van der Waals surface area contributed by atoms with Crippen molar-refractivity contribution < 1.29 is 4.79 Å². The van der Waals surface area contributed by atoms with Crippen molar-refractivity contribution in [1.82, 2.24) is 9.55 Å². The Labute approximate surface area is 144 Å². The zero-order valence-electron chi connectivity index (χ0n) is 13.7. The van der Waals surface area contributed by atoms with Crippen LogP contribution < -0.4 is 10.9 Å². The maximum absolute atomic E-state index is 12.7. The van der Waals surface area contributed by atoms with Gasteiger partial charge in [-0.15, -0.1) is 6.58 Å². The lowest BCUT2D eigenvalue weighted by molar-refractivity contribution is -0.116. The standard InChI is InChI=1S/C18H19N3O2S/c1-4-8-24-18-20-17(23)15-13(12-7-5-6-11(2)9-12)10-14(22)19-16(15)21(18)3/h4-7,9,13H,1,8,10H2,2-3H3,(H,19,22)/t13-/m1/s1. The number of carbonyl (C=O) groups is 1. The van der Waals surface area contributed by atoms with Gasteiger partial charge in [0.05, 0.1) is 5.56 Å². The molecule has 124 valence electrons. The molecular formula is C18H19N3O2S. The second-order valence-electron chi connectivity index (χ2n) is 5.84. The smallest absolute Gasteiger partial charge is 0.279 e. The van der Waals surface area contributed by atoms with E-state index in [2.05, 4.69) is 16.9 Å². The minimum Gasteiger partial charge on any atom is -0.312 e. The number of aromatic nitrogens is 2. The van der Waals surface area contributed by atoms with Crippen LogP contribution in [0, 0.1) is 6.92 Å². The Bertz CT molecular complexity index is 873. The predicted molar refractivity (Wildman–Crippen MR) is 96.7 cm³/mol. The first kappa shape index (κ1) is 16.5.